The average molecular weight is 303 g/mol. The van der Waals surface area contributed by atoms with E-state index in [1.54, 1.807) is 4.68 Å². The van der Waals surface area contributed by atoms with Gasteiger partial charge in [0, 0.05) is 13.1 Å². The van der Waals surface area contributed by atoms with Gasteiger partial charge in [-0.3, -0.25) is 4.90 Å². The molecule has 1 saturated heterocycles. The van der Waals surface area contributed by atoms with E-state index in [2.05, 4.69) is 35.2 Å². The van der Waals surface area contributed by atoms with Crippen LogP contribution in [0.25, 0.3) is 5.69 Å². The van der Waals surface area contributed by atoms with Gasteiger partial charge in [-0.25, -0.2) is 4.68 Å². The van der Waals surface area contributed by atoms with Gasteiger partial charge in [0.05, 0.1) is 12.4 Å². The third kappa shape index (κ3) is 3.06. The number of nitrogens with zero attached hydrogens (tertiary/aromatic N) is 5. The van der Waals surface area contributed by atoms with Crippen molar-refractivity contribution in [2.24, 2.45) is 5.92 Å². The van der Waals surface area contributed by atoms with Gasteiger partial charge in [0.15, 0.2) is 0 Å². The molecule has 2 aromatic rings. The summed E-state index contributed by atoms with van der Waals surface area (Å²) in [5.74, 6) is 0.830. The highest BCUT2D eigenvalue weighted by Crippen LogP contribution is 2.17. The van der Waals surface area contributed by atoms with Crippen molar-refractivity contribution in [1.82, 2.24) is 24.7 Å². The summed E-state index contributed by atoms with van der Waals surface area (Å²) in [6.45, 7) is 7.33. The highest BCUT2D eigenvalue weighted by molar-refractivity contribution is 7.71. The monoisotopic (exact) mass is 303 g/mol. The molecule has 0 aliphatic carbocycles. The largest absolute Gasteiger partial charge is 0.284 e. The molecule has 21 heavy (non-hydrogen) atoms. The highest BCUT2D eigenvalue weighted by atomic mass is 32.1. The molecule has 0 unspecified atom stereocenters. The Labute approximate surface area is 130 Å². The predicted octanol–water partition coefficient (Wildman–Crippen LogP) is 2.80. The summed E-state index contributed by atoms with van der Waals surface area (Å²) in [5.41, 5.74) is 2.15. The van der Waals surface area contributed by atoms with Gasteiger partial charge in [-0.1, -0.05) is 25.1 Å². The zero-order valence-electron chi connectivity index (χ0n) is 12.6. The maximum absolute atomic E-state index is 5.53. The van der Waals surface area contributed by atoms with Crippen LogP contribution in [0.1, 0.15) is 25.3 Å². The fraction of sp³-hybridized carbons (Fsp3) is 0.533. The molecule has 0 saturated carbocycles. The number of likely N-dealkylation sites (tertiary alicyclic amines) is 1. The fourth-order valence-corrected chi connectivity index (χ4v) is 2.94. The molecule has 0 spiro atoms. The molecule has 0 radical (unpaired) electrons. The standard InChI is InChI=1S/C15H21N5S/c1-12-7-9-18(10-8-12)11-19-15(21)20(17-16-19)14-6-4-3-5-13(14)2/h3-6,12H,7-11H2,1-2H3. The van der Waals surface area contributed by atoms with Crippen molar-refractivity contribution in [3.8, 4) is 5.69 Å². The number of aromatic nitrogens is 4. The van der Waals surface area contributed by atoms with Crippen molar-refractivity contribution in [3.05, 3.63) is 34.6 Å². The van der Waals surface area contributed by atoms with Gasteiger partial charge < -0.3 is 0 Å². The first-order chi connectivity index (χ1) is 10.1. The van der Waals surface area contributed by atoms with Crippen LogP contribution in [0.2, 0.25) is 0 Å². The second-order valence-corrected chi connectivity index (χ2v) is 6.27. The lowest BCUT2D eigenvalue weighted by Crippen LogP contribution is -2.34. The van der Waals surface area contributed by atoms with Gasteiger partial charge in [0.25, 0.3) is 0 Å². The van der Waals surface area contributed by atoms with E-state index in [0.717, 1.165) is 36.9 Å². The summed E-state index contributed by atoms with van der Waals surface area (Å²) < 4.78 is 4.22. The van der Waals surface area contributed by atoms with E-state index in [1.165, 1.54) is 12.8 Å². The number of para-hydroxylation sites is 1. The minimum absolute atomic E-state index is 0.655. The Hall–Kier alpha value is -1.53. The Bertz CT molecular complexity index is 667. The summed E-state index contributed by atoms with van der Waals surface area (Å²) in [5, 5.41) is 8.46. The molecule has 0 N–H and O–H groups in total. The number of benzene rings is 1. The summed E-state index contributed by atoms with van der Waals surface area (Å²) in [7, 11) is 0. The second kappa shape index (κ2) is 6.07. The van der Waals surface area contributed by atoms with E-state index in [9.17, 15) is 0 Å². The summed E-state index contributed by atoms with van der Waals surface area (Å²) in [6.07, 6.45) is 2.50. The Balaban J connectivity index is 1.80. The van der Waals surface area contributed by atoms with E-state index in [-0.39, 0.29) is 0 Å². The van der Waals surface area contributed by atoms with Gasteiger partial charge in [0.2, 0.25) is 4.77 Å². The molecule has 0 bridgehead atoms. The zero-order chi connectivity index (χ0) is 14.8. The van der Waals surface area contributed by atoms with E-state index in [0.29, 0.717) is 4.77 Å². The summed E-state index contributed by atoms with van der Waals surface area (Å²) in [6, 6.07) is 8.09. The third-order valence-corrected chi connectivity index (χ3v) is 4.58. The smallest absolute Gasteiger partial charge is 0.221 e. The normalized spacial score (nSPS) is 17.2. The van der Waals surface area contributed by atoms with Gasteiger partial charge in [-0.2, -0.15) is 4.68 Å². The number of rotatable bonds is 3. The van der Waals surface area contributed by atoms with E-state index < -0.39 is 0 Å². The van der Waals surface area contributed by atoms with Gasteiger partial charge in [-0.05, 0) is 60.0 Å². The van der Waals surface area contributed by atoms with E-state index in [1.807, 2.05) is 22.9 Å². The third-order valence-electron chi connectivity index (χ3n) is 4.19. The Morgan fingerprint density at radius 2 is 1.90 bits per heavy atom. The molecule has 0 amide bonds. The van der Waals surface area contributed by atoms with Crippen molar-refractivity contribution in [3.63, 3.8) is 0 Å². The maximum atomic E-state index is 5.53. The van der Waals surface area contributed by atoms with Crippen molar-refractivity contribution in [2.75, 3.05) is 13.1 Å². The molecular formula is C15H21N5S. The van der Waals surface area contributed by atoms with Crippen LogP contribution in [0.5, 0.6) is 0 Å². The number of hydrogen-bond acceptors (Lipinski definition) is 4. The quantitative estimate of drug-likeness (QED) is 0.817. The lowest BCUT2D eigenvalue weighted by atomic mass is 10.00. The Kier molecular flexibility index (Phi) is 4.17. The number of piperidine rings is 1. The predicted molar refractivity (Wildman–Crippen MR) is 84.9 cm³/mol. The van der Waals surface area contributed by atoms with E-state index >= 15 is 0 Å². The molecule has 5 nitrogen and oxygen atoms in total. The lowest BCUT2D eigenvalue weighted by molar-refractivity contribution is 0.145. The van der Waals surface area contributed by atoms with Crippen molar-refractivity contribution in [2.45, 2.75) is 33.4 Å². The van der Waals surface area contributed by atoms with E-state index in [4.69, 9.17) is 12.2 Å². The number of aryl methyl sites for hydroxylation is 1. The number of tetrazole rings is 1. The first-order valence-electron chi connectivity index (χ1n) is 7.46. The Morgan fingerprint density at radius 3 is 2.62 bits per heavy atom. The average Bonchev–Trinajstić information content (AvgIpc) is 2.83. The van der Waals surface area contributed by atoms with Gasteiger partial charge in [0.1, 0.15) is 0 Å². The van der Waals surface area contributed by atoms with Crippen LogP contribution in [0.4, 0.5) is 0 Å². The minimum atomic E-state index is 0.655. The van der Waals surface area contributed by atoms with Gasteiger partial charge >= 0.3 is 0 Å². The zero-order valence-corrected chi connectivity index (χ0v) is 13.4. The molecular weight excluding hydrogens is 282 g/mol. The lowest BCUT2D eigenvalue weighted by Gasteiger charge is -2.29. The Morgan fingerprint density at radius 1 is 1.19 bits per heavy atom. The van der Waals surface area contributed by atoms with Crippen LogP contribution in [-0.2, 0) is 6.67 Å². The van der Waals surface area contributed by atoms with Crippen molar-refractivity contribution >= 4 is 12.2 Å². The highest BCUT2D eigenvalue weighted by Gasteiger charge is 2.17. The molecule has 1 aromatic heterocycles. The first kappa shape index (κ1) is 14.4. The minimum Gasteiger partial charge on any atom is -0.284 e. The van der Waals surface area contributed by atoms with Crippen molar-refractivity contribution in [1.29, 1.82) is 0 Å². The molecule has 1 aromatic carbocycles. The number of hydrogen-bond donors (Lipinski definition) is 0. The molecule has 0 atom stereocenters. The molecule has 1 aliphatic heterocycles. The van der Waals surface area contributed by atoms with Crippen LogP contribution in [0.15, 0.2) is 24.3 Å². The van der Waals surface area contributed by atoms with Crippen LogP contribution in [0, 0.1) is 17.6 Å². The SMILES string of the molecule is Cc1ccccc1-n1nnn(CN2CCC(C)CC2)c1=S. The van der Waals surface area contributed by atoms with Crippen LogP contribution in [-0.4, -0.2) is 37.8 Å². The molecule has 1 fully saturated rings. The second-order valence-electron chi connectivity index (χ2n) is 5.90. The topological polar surface area (TPSA) is 38.9 Å². The van der Waals surface area contributed by atoms with Crippen molar-refractivity contribution < 1.29 is 0 Å². The molecule has 2 heterocycles. The maximum Gasteiger partial charge on any atom is 0.221 e. The molecule has 3 rings (SSSR count). The first-order valence-corrected chi connectivity index (χ1v) is 7.87. The van der Waals surface area contributed by atoms with Crippen LogP contribution < -0.4 is 0 Å². The summed E-state index contributed by atoms with van der Waals surface area (Å²) >= 11 is 5.53. The van der Waals surface area contributed by atoms with Crippen LogP contribution >= 0.6 is 12.2 Å². The molecule has 6 heteroatoms. The fourth-order valence-electron chi connectivity index (χ4n) is 2.71. The van der Waals surface area contributed by atoms with Crippen LogP contribution in [0.3, 0.4) is 0 Å². The molecule has 112 valence electrons. The molecule has 1 aliphatic rings. The summed E-state index contributed by atoms with van der Waals surface area (Å²) in [4.78, 5) is 2.40. The van der Waals surface area contributed by atoms with Gasteiger partial charge in [-0.15, -0.1) is 0 Å².